The van der Waals surface area contributed by atoms with Gasteiger partial charge in [-0.25, -0.2) is 4.39 Å². The molecule has 4 nitrogen and oxygen atoms in total. The van der Waals surface area contributed by atoms with E-state index < -0.39 is 11.9 Å². The van der Waals surface area contributed by atoms with E-state index in [-0.39, 0.29) is 36.4 Å². The molecular weight excluding hydrogens is 486 g/mol. The molecule has 0 saturated carbocycles. The van der Waals surface area contributed by atoms with Crippen molar-refractivity contribution in [1.29, 1.82) is 0 Å². The van der Waals surface area contributed by atoms with E-state index in [1.54, 1.807) is 36.4 Å². The highest BCUT2D eigenvalue weighted by Gasteiger charge is 2.31. The van der Waals surface area contributed by atoms with E-state index in [9.17, 15) is 14.0 Å². The van der Waals surface area contributed by atoms with Gasteiger partial charge < -0.3 is 10.2 Å². The Balaban J connectivity index is 2.00. The summed E-state index contributed by atoms with van der Waals surface area (Å²) in [5, 5.41) is 3.77. The van der Waals surface area contributed by atoms with E-state index in [1.165, 1.54) is 11.0 Å². The highest BCUT2D eigenvalue weighted by Crippen LogP contribution is 2.25. The van der Waals surface area contributed by atoms with Gasteiger partial charge in [0.15, 0.2) is 0 Å². The van der Waals surface area contributed by atoms with Crippen molar-refractivity contribution >= 4 is 35.0 Å². The Bertz CT molecular complexity index is 1160. The van der Waals surface area contributed by atoms with Crippen LogP contribution in [0.15, 0.2) is 72.8 Å². The standard InChI is InChI=1S/C28H29Cl2FN2O2/c1-3-19(2)32-28(35)26(16-20-9-5-4-6-10-20)33(18-21-13-14-23(29)24(30)15-21)27(34)17-22-11-7-8-12-25(22)31/h4-15,19,26H,3,16-18H2,1-2H3,(H,32,35). The Labute approximate surface area is 216 Å². The van der Waals surface area contributed by atoms with Gasteiger partial charge in [0.2, 0.25) is 11.8 Å². The van der Waals surface area contributed by atoms with Crippen LogP contribution in [0.4, 0.5) is 4.39 Å². The van der Waals surface area contributed by atoms with Crippen molar-refractivity contribution in [3.63, 3.8) is 0 Å². The molecule has 0 aliphatic heterocycles. The van der Waals surface area contributed by atoms with E-state index in [0.29, 0.717) is 16.5 Å². The average Bonchev–Trinajstić information content (AvgIpc) is 2.85. The zero-order valence-electron chi connectivity index (χ0n) is 19.8. The van der Waals surface area contributed by atoms with Crippen molar-refractivity contribution in [3.05, 3.63) is 105 Å². The van der Waals surface area contributed by atoms with E-state index in [1.807, 2.05) is 44.2 Å². The van der Waals surface area contributed by atoms with Crippen molar-refractivity contribution in [2.75, 3.05) is 0 Å². The summed E-state index contributed by atoms with van der Waals surface area (Å²) in [7, 11) is 0. The van der Waals surface area contributed by atoms with Crippen LogP contribution in [0, 0.1) is 5.82 Å². The minimum atomic E-state index is -0.805. The molecule has 2 atom stereocenters. The Morgan fingerprint density at radius 1 is 0.943 bits per heavy atom. The minimum absolute atomic E-state index is 0.0609. The smallest absolute Gasteiger partial charge is 0.243 e. The maximum absolute atomic E-state index is 14.4. The van der Waals surface area contributed by atoms with Gasteiger partial charge in [-0.2, -0.15) is 0 Å². The molecule has 2 amide bonds. The molecule has 0 aromatic heterocycles. The summed E-state index contributed by atoms with van der Waals surface area (Å²) >= 11 is 12.3. The summed E-state index contributed by atoms with van der Waals surface area (Å²) in [6.45, 7) is 4.02. The molecule has 0 saturated heterocycles. The first-order valence-corrected chi connectivity index (χ1v) is 12.3. The number of nitrogens with one attached hydrogen (secondary N) is 1. The molecule has 35 heavy (non-hydrogen) atoms. The molecule has 184 valence electrons. The largest absolute Gasteiger partial charge is 0.352 e. The monoisotopic (exact) mass is 514 g/mol. The maximum atomic E-state index is 14.4. The zero-order valence-corrected chi connectivity index (χ0v) is 21.3. The van der Waals surface area contributed by atoms with Crippen molar-refractivity contribution in [1.82, 2.24) is 10.2 Å². The van der Waals surface area contributed by atoms with Crippen LogP contribution < -0.4 is 5.32 Å². The van der Waals surface area contributed by atoms with Crippen LogP contribution in [-0.2, 0) is 29.0 Å². The fourth-order valence-corrected chi connectivity index (χ4v) is 4.06. The Hall–Kier alpha value is -2.89. The number of halogens is 3. The third-order valence-corrected chi connectivity index (χ3v) is 6.65. The number of rotatable bonds is 10. The fourth-order valence-electron chi connectivity index (χ4n) is 3.74. The summed E-state index contributed by atoms with van der Waals surface area (Å²) in [6, 6.07) is 19.9. The van der Waals surface area contributed by atoms with Gasteiger partial charge in [0, 0.05) is 19.0 Å². The summed E-state index contributed by atoms with van der Waals surface area (Å²) in [5.41, 5.74) is 1.91. The lowest BCUT2D eigenvalue weighted by Crippen LogP contribution is -2.52. The summed E-state index contributed by atoms with van der Waals surface area (Å²) in [4.78, 5) is 28.6. The van der Waals surface area contributed by atoms with E-state index >= 15 is 0 Å². The molecule has 1 N–H and O–H groups in total. The highest BCUT2D eigenvalue weighted by molar-refractivity contribution is 6.42. The van der Waals surface area contributed by atoms with Gasteiger partial charge >= 0.3 is 0 Å². The van der Waals surface area contributed by atoms with Crippen molar-refractivity contribution in [2.24, 2.45) is 0 Å². The molecule has 7 heteroatoms. The molecule has 0 aliphatic rings. The zero-order chi connectivity index (χ0) is 25.4. The average molecular weight is 515 g/mol. The Morgan fingerprint density at radius 3 is 2.29 bits per heavy atom. The number of carbonyl (C=O) groups is 2. The van der Waals surface area contributed by atoms with Crippen LogP contribution >= 0.6 is 23.2 Å². The number of amides is 2. The number of carbonyl (C=O) groups excluding carboxylic acids is 2. The van der Waals surface area contributed by atoms with Crippen LogP contribution in [0.25, 0.3) is 0 Å². The predicted molar refractivity (Wildman–Crippen MR) is 139 cm³/mol. The topological polar surface area (TPSA) is 49.4 Å². The molecule has 3 aromatic rings. The number of hydrogen-bond donors (Lipinski definition) is 1. The lowest BCUT2D eigenvalue weighted by molar-refractivity contribution is -0.141. The second-order valence-electron chi connectivity index (χ2n) is 8.56. The number of nitrogens with zero attached hydrogens (tertiary/aromatic N) is 1. The van der Waals surface area contributed by atoms with Gasteiger partial charge in [-0.05, 0) is 48.2 Å². The first-order valence-electron chi connectivity index (χ1n) is 11.6. The molecule has 0 radical (unpaired) electrons. The summed E-state index contributed by atoms with van der Waals surface area (Å²) in [5.74, 6) is -1.08. The molecule has 0 aliphatic carbocycles. The van der Waals surface area contributed by atoms with E-state index in [2.05, 4.69) is 5.32 Å². The van der Waals surface area contributed by atoms with Crippen LogP contribution in [-0.4, -0.2) is 28.8 Å². The van der Waals surface area contributed by atoms with Crippen LogP contribution in [0.5, 0.6) is 0 Å². The Kier molecular flexibility index (Phi) is 9.70. The van der Waals surface area contributed by atoms with Gasteiger partial charge in [-0.15, -0.1) is 0 Å². The van der Waals surface area contributed by atoms with Gasteiger partial charge in [-0.1, -0.05) is 84.7 Å². The first kappa shape index (κ1) is 26.7. The molecule has 0 fully saturated rings. The molecular formula is C28H29Cl2FN2O2. The minimum Gasteiger partial charge on any atom is -0.352 e. The summed E-state index contributed by atoms with van der Waals surface area (Å²) < 4.78 is 14.4. The number of benzene rings is 3. The van der Waals surface area contributed by atoms with Gasteiger partial charge in [0.05, 0.1) is 16.5 Å². The van der Waals surface area contributed by atoms with Gasteiger partial charge in [0.1, 0.15) is 11.9 Å². The fraction of sp³-hybridized carbons (Fsp3) is 0.286. The second-order valence-corrected chi connectivity index (χ2v) is 9.38. The van der Waals surface area contributed by atoms with Crippen molar-refractivity contribution < 1.29 is 14.0 Å². The van der Waals surface area contributed by atoms with Crippen LogP contribution in [0.1, 0.15) is 37.0 Å². The molecule has 0 bridgehead atoms. The van der Waals surface area contributed by atoms with Crippen molar-refractivity contribution in [3.8, 4) is 0 Å². The van der Waals surface area contributed by atoms with Gasteiger partial charge in [0.25, 0.3) is 0 Å². The third-order valence-electron chi connectivity index (χ3n) is 5.91. The number of hydrogen-bond acceptors (Lipinski definition) is 2. The lowest BCUT2D eigenvalue weighted by Gasteiger charge is -2.32. The normalized spacial score (nSPS) is 12.6. The maximum Gasteiger partial charge on any atom is 0.243 e. The lowest BCUT2D eigenvalue weighted by atomic mass is 10.0. The van der Waals surface area contributed by atoms with E-state index in [0.717, 1.165) is 17.5 Å². The van der Waals surface area contributed by atoms with Crippen LogP contribution in [0.3, 0.4) is 0 Å². The molecule has 0 heterocycles. The molecule has 3 rings (SSSR count). The SMILES string of the molecule is CCC(C)NC(=O)C(Cc1ccccc1)N(Cc1ccc(Cl)c(Cl)c1)C(=O)Cc1ccccc1F. The van der Waals surface area contributed by atoms with Gasteiger partial charge in [-0.3, -0.25) is 9.59 Å². The molecule has 3 aromatic carbocycles. The predicted octanol–water partition coefficient (Wildman–Crippen LogP) is 6.23. The molecule has 2 unspecified atom stereocenters. The highest BCUT2D eigenvalue weighted by atomic mass is 35.5. The third kappa shape index (κ3) is 7.55. The molecule has 0 spiro atoms. The summed E-state index contributed by atoms with van der Waals surface area (Å²) in [6.07, 6.45) is 0.892. The van der Waals surface area contributed by atoms with Crippen molar-refractivity contribution in [2.45, 2.75) is 51.7 Å². The first-order chi connectivity index (χ1) is 16.8. The Morgan fingerprint density at radius 2 is 1.63 bits per heavy atom. The van der Waals surface area contributed by atoms with Crippen LogP contribution in [0.2, 0.25) is 10.0 Å². The quantitative estimate of drug-likeness (QED) is 0.348. The second kappa shape index (κ2) is 12.7. The van der Waals surface area contributed by atoms with E-state index in [4.69, 9.17) is 23.2 Å².